The second-order valence-electron chi connectivity index (χ2n) is 8.42. The van der Waals surface area contributed by atoms with E-state index in [4.69, 9.17) is 14.2 Å². The molecule has 7 heteroatoms. The van der Waals surface area contributed by atoms with Crippen LogP contribution in [0.15, 0.2) is 54.9 Å². The number of nitrogens with zero attached hydrogens (tertiary/aromatic N) is 2. The summed E-state index contributed by atoms with van der Waals surface area (Å²) in [5, 5.41) is 3.56. The van der Waals surface area contributed by atoms with Gasteiger partial charge in [0.2, 0.25) is 0 Å². The number of aromatic nitrogens is 2. The van der Waals surface area contributed by atoms with Crippen LogP contribution in [0.5, 0.6) is 17.2 Å². The number of methoxy groups -OCH3 is 1. The fraction of sp³-hybridized carbons (Fsp3) is 0.346. The Morgan fingerprint density at radius 3 is 2.73 bits per heavy atom. The highest BCUT2D eigenvalue weighted by atomic mass is 19.1. The maximum absolute atomic E-state index is 14.2. The molecule has 4 rings (SSSR count). The highest BCUT2D eigenvalue weighted by molar-refractivity contribution is 5.92. The van der Waals surface area contributed by atoms with Crippen LogP contribution in [0, 0.1) is 11.7 Å². The molecule has 0 unspecified atom stereocenters. The lowest BCUT2D eigenvalue weighted by atomic mass is 10.0. The van der Waals surface area contributed by atoms with E-state index in [2.05, 4.69) is 16.9 Å². The topological polar surface area (TPSA) is 57.5 Å². The number of rotatable bonds is 8. The Kier molecular flexibility index (Phi) is 6.99. The molecular formula is C26H30FN3O3. The number of allylic oxidation sites excluding steroid dienone is 3. The molecule has 1 fully saturated rings. The molecule has 1 aliphatic heterocycles. The van der Waals surface area contributed by atoms with Crippen LogP contribution >= 0.6 is 0 Å². The van der Waals surface area contributed by atoms with E-state index in [1.165, 1.54) is 13.2 Å². The van der Waals surface area contributed by atoms with Crippen molar-refractivity contribution in [1.82, 2.24) is 9.55 Å². The zero-order chi connectivity index (χ0) is 23.4. The van der Waals surface area contributed by atoms with Gasteiger partial charge in [0.05, 0.1) is 18.3 Å². The van der Waals surface area contributed by atoms with Gasteiger partial charge < -0.3 is 24.1 Å². The van der Waals surface area contributed by atoms with Crippen molar-refractivity contribution in [3.8, 4) is 17.2 Å². The van der Waals surface area contributed by atoms with Crippen LogP contribution in [0.3, 0.4) is 0 Å². The fourth-order valence-electron chi connectivity index (χ4n) is 4.04. The third-order valence-electron chi connectivity index (χ3n) is 5.74. The van der Waals surface area contributed by atoms with Crippen LogP contribution < -0.4 is 14.8 Å². The smallest absolute Gasteiger partial charge is 0.168 e. The summed E-state index contributed by atoms with van der Waals surface area (Å²) < 4.78 is 32.7. The molecule has 1 aliphatic rings. The van der Waals surface area contributed by atoms with Gasteiger partial charge in [0, 0.05) is 43.7 Å². The molecule has 0 saturated carbocycles. The maximum Gasteiger partial charge on any atom is 0.168 e. The first kappa shape index (κ1) is 22.9. The van der Waals surface area contributed by atoms with Crippen LogP contribution in [0.4, 0.5) is 10.1 Å². The average molecular weight is 452 g/mol. The van der Waals surface area contributed by atoms with Gasteiger partial charge in [0.25, 0.3) is 0 Å². The van der Waals surface area contributed by atoms with Gasteiger partial charge in [0.15, 0.2) is 11.6 Å². The van der Waals surface area contributed by atoms with E-state index in [-0.39, 0.29) is 5.75 Å². The summed E-state index contributed by atoms with van der Waals surface area (Å²) in [5.74, 6) is 1.23. The van der Waals surface area contributed by atoms with E-state index in [1.54, 1.807) is 18.5 Å². The SMILES string of the molecule is C=C(C)C=C(C)n1cnc2c(NCC3CCOCC3)cc(Oc3ccc(OC)c(F)c3)cc21. The molecule has 0 spiro atoms. The summed E-state index contributed by atoms with van der Waals surface area (Å²) in [6, 6.07) is 8.39. The second kappa shape index (κ2) is 10.1. The molecule has 6 nitrogen and oxygen atoms in total. The number of benzene rings is 2. The maximum atomic E-state index is 14.2. The molecule has 0 bridgehead atoms. The molecule has 0 amide bonds. The first-order chi connectivity index (χ1) is 15.9. The molecule has 2 heterocycles. The van der Waals surface area contributed by atoms with Gasteiger partial charge in [-0.3, -0.25) is 0 Å². The monoisotopic (exact) mass is 451 g/mol. The van der Waals surface area contributed by atoms with Gasteiger partial charge in [-0.15, -0.1) is 0 Å². The molecule has 174 valence electrons. The third-order valence-corrected chi connectivity index (χ3v) is 5.74. The molecule has 0 atom stereocenters. The van der Waals surface area contributed by atoms with Gasteiger partial charge in [-0.05, 0) is 50.8 Å². The van der Waals surface area contributed by atoms with Crippen LogP contribution in [0.1, 0.15) is 26.7 Å². The normalized spacial score (nSPS) is 15.0. The van der Waals surface area contributed by atoms with Gasteiger partial charge in [0.1, 0.15) is 23.3 Å². The molecule has 2 aromatic carbocycles. The summed E-state index contributed by atoms with van der Waals surface area (Å²) in [6.07, 6.45) is 5.87. The van der Waals surface area contributed by atoms with Crippen molar-refractivity contribution in [1.29, 1.82) is 0 Å². The minimum Gasteiger partial charge on any atom is -0.494 e. The fourth-order valence-corrected chi connectivity index (χ4v) is 4.04. The van der Waals surface area contributed by atoms with Crippen LogP contribution in [0.25, 0.3) is 16.7 Å². The van der Waals surface area contributed by atoms with E-state index in [9.17, 15) is 4.39 Å². The van der Waals surface area contributed by atoms with Crippen molar-refractivity contribution in [2.45, 2.75) is 26.7 Å². The Morgan fingerprint density at radius 2 is 2.03 bits per heavy atom. The Balaban J connectivity index is 1.70. The number of imidazole rings is 1. The lowest BCUT2D eigenvalue weighted by Crippen LogP contribution is -2.22. The Labute approximate surface area is 193 Å². The summed E-state index contributed by atoms with van der Waals surface area (Å²) in [4.78, 5) is 4.67. The number of ether oxygens (including phenoxy) is 3. The molecule has 3 aromatic rings. The van der Waals surface area contributed by atoms with Crippen molar-refractivity contribution in [2.24, 2.45) is 5.92 Å². The number of hydrogen-bond donors (Lipinski definition) is 1. The first-order valence-electron chi connectivity index (χ1n) is 11.1. The van der Waals surface area contributed by atoms with Crippen LogP contribution in [-0.4, -0.2) is 36.4 Å². The largest absolute Gasteiger partial charge is 0.494 e. The minimum atomic E-state index is -0.473. The number of halogens is 1. The predicted octanol–water partition coefficient (Wildman–Crippen LogP) is 6.25. The molecule has 0 radical (unpaired) electrons. The summed E-state index contributed by atoms with van der Waals surface area (Å²) in [7, 11) is 1.44. The quantitative estimate of drug-likeness (QED) is 0.410. The van der Waals surface area contributed by atoms with Crippen molar-refractivity contribution in [3.05, 3.63) is 60.7 Å². The standard InChI is InChI=1S/C26H30FN3O3/c1-17(2)11-18(3)30-16-29-26-23(28-15-19-7-9-32-10-8-19)13-21(14-24(26)30)33-20-5-6-25(31-4)22(27)12-20/h5-6,11-14,16,19,28H,1,7-10,15H2,2-4H3. The van der Waals surface area contributed by atoms with Crippen molar-refractivity contribution >= 4 is 22.4 Å². The van der Waals surface area contributed by atoms with E-state index < -0.39 is 5.82 Å². The Bertz CT molecular complexity index is 1180. The third kappa shape index (κ3) is 5.37. The van der Waals surface area contributed by atoms with Crippen molar-refractivity contribution in [2.75, 3.05) is 32.2 Å². The van der Waals surface area contributed by atoms with E-state index in [1.807, 2.05) is 36.6 Å². The van der Waals surface area contributed by atoms with Gasteiger partial charge in [-0.1, -0.05) is 12.2 Å². The van der Waals surface area contributed by atoms with E-state index >= 15 is 0 Å². The predicted molar refractivity (Wildman–Crippen MR) is 130 cm³/mol. The summed E-state index contributed by atoms with van der Waals surface area (Å²) >= 11 is 0. The molecule has 1 saturated heterocycles. The van der Waals surface area contributed by atoms with Crippen LogP contribution in [0.2, 0.25) is 0 Å². The molecule has 0 aliphatic carbocycles. The number of nitrogens with one attached hydrogen (secondary N) is 1. The minimum absolute atomic E-state index is 0.176. The van der Waals surface area contributed by atoms with E-state index in [0.717, 1.165) is 60.6 Å². The first-order valence-corrected chi connectivity index (χ1v) is 11.1. The van der Waals surface area contributed by atoms with Crippen molar-refractivity contribution < 1.29 is 18.6 Å². The summed E-state index contributed by atoms with van der Waals surface area (Å²) in [5.41, 5.74) is 4.57. The highest BCUT2D eigenvalue weighted by Gasteiger charge is 2.17. The lowest BCUT2D eigenvalue weighted by molar-refractivity contribution is 0.0699. The summed E-state index contributed by atoms with van der Waals surface area (Å²) in [6.45, 7) is 10.4. The Morgan fingerprint density at radius 1 is 1.24 bits per heavy atom. The molecule has 1 aromatic heterocycles. The zero-order valence-corrected chi connectivity index (χ0v) is 19.4. The Hall–Kier alpha value is -3.32. The van der Waals surface area contributed by atoms with Gasteiger partial charge in [-0.25, -0.2) is 9.37 Å². The van der Waals surface area contributed by atoms with E-state index in [0.29, 0.717) is 17.4 Å². The van der Waals surface area contributed by atoms with Gasteiger partial charge >= 0.3 is 0 Å². The molecule has 1 N–H and O–H groups in total. The lowest BCUT2D eigenvalue weighted by Gasteiger charge is -2.23. The average Bonchev–Trinajstić information content (AvgIpc) is 3.22. The number of anilines is 1. The molecular weight excluding hydrogens is 421 g/mol. The highest BCUT2D eigenvalue weighted by Crippen LogP contribution is 2.34. The second-order valence-corrected chi connectivity index (χ2v) is 8.42. The number of fused-ring (bicyclic) bond motifs is 1. The van der Waals surface area contributed by atoms with Crippen molar-refractivity contribution in [3.63, 3.8) is 0 Å². The molecule has 33 heavy (non-hydrogen) atoms. The van der Waals surface area contributed by atoms with Crippen LogP contribution in [-0.2, 0) is 4.74 Å². The van der Waals surface area contributed by atoms with Gasteiger partial charge in [-0.2, -0.15) is 0 Å². The number of hydrogen-bond acceptors (Lipinski definition) is 5. The zero-order valence-electron chi connectivity index (χ0n) is 19.4.